The van der Waals surface area contributed by atoms with Gasteiger partial charge in [-0.2, -0.15) is 0 Å². The average Bonchev–Trinajstić information content (AvgIpc) is 2.36. The number of aryl methyl sites for hydroxylation is 1. The first kappa shape index (κ1) is 15.5. The van der Waals surface area contributed by atoms with Gasteiger partial charge in [-0.1, -0.05) is 12.1 Å². The van der Waals surface area contributed by atoms with Crippen LogP contribution in [0.25, 0.3) is 0 Å². The van der Waals surface area contributed by atoms with E-state index in [1.807, 2.05) is 45.0 Å². The van der Waals surface area contributed by atoms with Gasteiger partial charge in [0.25, 0.3) is 5.91 Å². The van der Waals surface area contributed by atoms with Crippen molar-refractivity contribution in [3.05, 3.63) is 29.8 Å². The van der Waals surface area contributed by atoms with E-state index in [0.717, 1.165) is 5.56 Å². The Bertz CT molecular complexity index is 404. The molecule has 0 aliphatic rings. The highest BCUT2D eigenvalue weighted by atomic mass is 16.5. The Morgan fingerprint density at radius 1 is 1.42 bits per heavy atom. The molecule has 0 atom stereocenters. The smallest absolute Gasteiger partial charge is 0.260 e. The number of carbonyl (C=O) groups excluding carboxylic acids is 1. The van der Waals surface area contributed by atoms with Gasteiger partial charge in [-0.05, 0) is 44.9 Å². The molecule has 0 fully saturated rings. The second kappa shape index (κ2) is 7.79. The first-order valence-corrected chi connectivity index (χ1v) is 6.64. The zero-order valence-electron chi connectivity index (χ0n) is 11.9. The number of rotatable bonds is 7. The standard InChI is InChI=1S/C15H23NO3/c1-12(2)16(8-5-9-17)15(18)11-19-14-7-4-6-13(3)10-14/h4,6-7,10,12,17H,5,8-9,11H2,1-3H3. The number of hydrogen-bond acceptors (Lipinski definition) is 3. The summed E-state index contributed by atoms with van der Waals surface area (Å²) in [5.41, 5.74) is 1.10. The summed E-state index contributed by atoms with van der Waals surface area (Å²) < 4.78 is 5.51. The van der Waals surface area contributed by atoms with Crippen molar-refractivity contribution in [1.82, 2.24) is 4.90 Å². The number of benzene rings is 1. The predicted octanol–water partition coefficient (Wildman–Crippen LogP) is 1.99. The lowest BCUT2D eigenvalue weighted by Gasteiger charge is -2.26. The molecule has 0 radical (unpaired) electrons. The third-order valence-corrected chi connectivity index (χ3v) is 2.85. The van der Waals surface area contributed by atoms with Crippen molar-refractivity contribution in [3.63, 3.8) is 0 Å². The Morgan fingerprint density at radius 2 is 2.16 bits per heavy atom. The minimum absolute atomic E-state index is 0.0348. The van der Waals surface area contributed by atoms with Crippen molar-refractivity contribution in [3.8, 4) is 5.75 Å². The lowest BCUT2D eigenvalue weighted by Crippen LogP contribution is -2.40. The number of carbonyl (C=O) groups is 1. The normalized spacial score (nSPS) is 10.6. The molecule has 0 heterocycles. The Kier molecular flexibility index (Phi) is 6.36. The number of hydrogen-bond donors (Lipinski definition) is 1. The van der Waals surface area contributed by atoms with Crippen LogP contribution in [0.4, 0.5) is 0 Å². The zero-order chi connectivity index (χ0) is 14.3. The van der Waals surface area contributed by atoms with Crippen molar-refractivity contribution >= 4 is 5.91 Å². The molecule has 0 aliphatic carbocycles. The highest BCUT2D eigenvalue weighted by molar-refractivity contribution is 5.78. The number of ether oxygens (including phenoxy) is 1. The van der Waals surface area contributed by atoms with Crippen LogP contribution in [0.3, 0.4) is 0 Å². The van der Waals surface area contributed by atoms with Gasteiger partial charge in [-0.15, -0.1) is 0 Å². The Hall–Kier alpha value is -1.55. The lowest BCUT2D eigenvalue weighted by atomic mass is 10.2. The third-order valence-electron chi connectivity index (χ3n) is 2.85. The minimum atomic E-state index is -0.0510. The Labute approximate surface area is 115 Å². The molecule has 4 nitrogen and oxygen atoms in total. The SMILES string of the molecule is Cc1cccc(OCC(=O)N(CCCO)C(C)C)c1. The topological polar surface area (TPSA) is 49.8 Å². The molecular formula is C15H23NO3. The van der Waals surface area contributed by atoms with E-state index in [1.165, 1.54) is 0 Å². The average molecular weight is 265 g/mol. The summed E-state index contributed by atoms with van der Waals surface area (Å²) in [7, 11) is 0. The predicted molar refractivity (Wildman–Crippen MR) is 75.2 cm³/mol. The van der Waals surface area contributed by atoms with Crippen molar-refractivity contribution in [1.29, 1.82) is 0 Å². The fraction of sp³-hybridized carbons (Fsp3) is 0.533. The van der Waals surface area contributed by atoms with Crippen molar-refractivity contribution in [2.45, 2.75) is 33.2 Å². The molecule has 0 unspecified atom stereocenters. The van der Waals surface area contributed by atoms with E-state index in [9.17, 15) is 4.79 Å². The molecule has 106 valence electrons. The van der Waals surface area contributed by atoms with Crippen LogP contribution in [-0.4, -0.2) is 41.7 Å². The van der Waals surface area contributed by atoms with Gasteiger partial charge in [0, 0.05) is 19.2 Å². The van der Waals surface area contributed by atoms with Crippen LogP contribution in [0.5, 0.6) is 5.75 Å². The van der Waals surface area contributed by atoms with Crippen LogP contribution < -0.4 is 4.74 Å². The van der Waals surface area contributed by atoms with E-state index in [1.54, 1.807) is 4.90 Å². The Morgan fingerprint density at radius 3 is 2.74 bits per heavy atom. The molecule has 1 N–H and O–H groups in total. The first-order chi connectivity index (χ1) is 9.04. The zero-order valence-corrected chi connectivity index (χ0v) is 11.9. The molecule has 1 aromatic carbocycles. The molecule has 0 saturated carbocycles. The fourth-order valence-corrected chi connectivity index (χ4v) is 1.85. The molecule has 0 aromatic heterocycles. The molecule has 0 saturated heterocycles. The molecule has 0 bridgehead atoms. The quantitative estimate of drug-likeness (QED) is 0.820. The first-order valence-electron chi connectivity index (χ1n) is 6.64. The Balaban J connectivity index is 2.52. The van der Waals surface area contributed by atoms with Gasteiger partial charge in [-0.3, -0.25) is 4.79 Å². The van der Waals surface area contributed by atoms with Crippen LogP contribution in [-0.2, 0) is 4.79 Å². The van der Waals surface area contributed by atoms with Gasteiger partial charge in [0.15, 0.2) is 6.61 Å². The molecule has 1 rings (SSSR count). The molecule has 1 amide bonds. The molecular weight excluding hydrogens is 242 g/mol. The molecule has 0 spiro atoms. The number of aliphatic hydroxyl groups excluding tert-OH is 1. The third kappa shape index (κ3) is 5.30. The van der Waals surface area contributed by atoms with Gasteiger partial charge in [0.1, 0.15) is 5.75 Å². The van der Waals surface area contributed by atoms with E-state index >= 15 is 0 Å². The maximum Gasteiger partial charge on any atom is 0.260 e. The number of aliphatic hydroxyl groups is 1. The van der Waals surface area contributed by atoms with Crippen LogP contribution in [0.1, 0.15) is 25.8 Å². The molecule has 1 aromatic rings. The molecule has 0 aliphatic heterocycles. The van der Waals surface area contributed by atoms with E-state index in [0.29, 0.717) is 18.7 Å². The monoisotopic (exact) mass is 265 g/mol. The summed E-state index contributed by atoms with van der Waals surface area (Å²) >= 11 is 0. The van der Waals surface area contributed by atoms with Crippen LogP contribution in [0.15, 0.2) is 24.3 Å². The van der Waals surface area contributed by atoms with E-state index in [-0.39, 0.29) is 25.2 Å². The molecule has 19 heavy (non-hydrogen) atoms. The maximum absolute atomic E-state index is 12.1. The van der Waals surface area contributed by atoms with Gasteiger partial charge >= 0.3 is 0 Å². The van der Waals surface area contributed by atoms with Crippen LogP contribution in [0, 0.1) is 6.92 Å². The lowest BCUT2D eigenvalue weighted by molar-refractivity contribution is -0.135. The highest BCUT2D eigenvalue weighted by Crippen LogP contribution is 2.12. The summed E-state index contributed by atoms with van der Waals surface area (Å²) in [5, 5.41) is 8.85. The highest BCUT2D eigenvalue weighted by Gasteiger charge is 2.16. The van der Waals surface area contributed by atoms with E-state index in [4.69, 9.17) is 9.84 Å². The second-order valence-corrected chi connectivity index (χ2v) is 4.86. The largest absolute Gasteiger partial charge is 0.484 e. The van der Waals surface area contributed by atoms with Gasteiger partial charge in [-0.25, -0.2) is 0 Å². The number of amides is 1. The summed E-state index contributed by atoms with van der Waals surface area (Å²) in [5.74, 6) is 0.657. The fourth-order valence-electron chi connectivity index (χ4n) is 1.85. The van der Waals surface area contributed by atoms with Gasteiger partial charge in [0.2, 0.25) is 0 Å². The van der Waals surface area contributed by atoms with Crippen LogP contribution >= 0.6 is 0 Å². The second-order valence-electron chi connectivity index (χ2n) is 4.86. The maximum atomic E-state index is 12.1. The van der Waals surface area contributed by atoms with Crippen LogP contribution in [0.2, 0.25) is 0 Å². The van der Waals surface area contributed by atoms with Crippen molar-refractivity contribution in [2.24, 2.45) is 0 Å². The van der Waals surface area contributed by atoms with Gasteiger partial charge < -0.3 is 14.7 Å². The number of nitrogens with zero attached hydrogens (tertiary/aromatic N) is 1. The van der Waals surface area contributed by atoms with Gasteiger partial charge in [0.05, 0.1) is 0 Å². The summed E-state index contributed by atoms with van der Waals surface area (Å²) in [6, 6.07) is 7.74. The van der Waals surface area contributed by atoms with E-state index < -0.39 is 0 Å². The minimum Gasteiger partial charge on any atom is -0.484 e. The summed E-state index contributed by atoms with van der Waals surface area (Å²) in [4.78, 5) is 13.8. The summed E-state index contributed by atoms with van der Waals surface area (Å²) in [6.07, 6.45) is 0.592. The van der Waals surface area contributed by atoms with Crippen molar-refractivity contribution in [2.75, 3.05) is 19.8 Å². The molecule has 4 heteroatoms. The summed E-state index contributed by atoms with van der Waals surface area (Å²) in [6.45, 7) is 6.59. The van der Waals surface area contributed by atoms with E-state index in [2.05, 4.69) is 0 Å². The van der Waals surface area contributed by atoms with Crippen molar-refractivity contribution < 1.29 is 14.6 Å².